The molecule has 1 aliphatic rings. The molecular formula is C22H33Cl2N3. The molecule has 1 fully saturated rings. The number of unbranched alkanes of at least 4 members (excludes halogenated alkanes) is 1. The van der Waals surface area contributed by atoms with Gasteiger partial charge in [0, 0.05) is 44.5 Å². The molecule has 27 heavy (non-hydrogen) atoms. The van der Waals surface area contributed by atoms with Gasteiger partial charge < -0.3 is 10.6 Å². The molecule has 0 saturated carbocycles. The van der Waals surface area contributed by atoms with Crippen LogP contribution in [0.1, 0.15) is 43.4 Å². The van der Waals surface area contributed by atoms with E-state index in [9.17, 15) is 0 Å². The quantitative estimate of drug-likeness (QED) is 0.620. The molecule has 0 spiro atoms. The smallest absolute Gasteiger partial charge is 0.0400 e. The summed E-state index contributed by atoms with van der Waals surface area (Å²) in [6.07, 6.45) is 3.81. The van der Waals surface area contributed by atoms with Crippen LogP contribution >= 0.6 is 24.8 Å². The highest BCUT2D eigenvalue weighted by atomic mass is 35.5. The van der Waals surface area contributed by atoms with Crippen LogP contribution in [0, 0.1) is 0 Å². The minimum absolute atomic E-state index is 0. The summed E-state index contributed by atoms with van der Waals surface area (Å²) < 4.78 is 0. The largest absolute Gasteiger partial charge is 0.381 e. The number of nitrogens with one attached hydrogen (secondary N) is 2. The number of hydrogen-bond donors (Lipinski definition) is 2. The molecule has 0 bridgehead atoms. The van der Waals surface area contributed by atoms with Crippen molar-refractivity contribution in [3.63, 3.8) is 0 Å². The van der Waals surface area contributed by atoms with Gasteiger partial charge in [0.25, 0.3) is 0 Å². The molecule has 0 aromatic heterocycles. The van der Waals surface area contributed by atoms with Crippen LogP contribution in [0.15, 0.2) is 54.6 Å². The molecule has 2 N–H and O–H groups in total. The van der Waals surface area contributed by atoms with Crippen LogP contribution in [0.25, 0.3) is 0 Å². The van der Waals surface area contributed by atoms with E-state index in [-0.39, 0.29) is 24.8 Å². The van der Waals surface area contributed by atoms with Crippen molar-refractivity contribution in [3.8, 4) is 0 Å². The fourth-order valence-corrected chi connectivity index (χ4v) is 3.57. The fourth-order valence-electron chi connectivity index (χ4n) is 3.57. The Morgan fingerprint density at radius 1 is 0.963 bits per heavy atom. The molecule has 1 aliphatic heterocycles. The van der Waals surface area contributed by atoms with Crippen molar-refractivity contribution in [1.82, 2.24) is 10.2 Å². The van der Waals surface area contributed by atoms with E-state index in [4.69, 9.17) is 0 Å². The first-order chi connectivity index (χ1) is 12.4. The fraction of sp³-hybridized carbons (Fsp3) is 0.455. The topological polar surface area (TPSA) is 27.3 Å². The minimum atomic E-state index is 0. The molecule has 0 amide bonds. The van der Waals surface area contributed by atoms with E-state index < -0.39 is 0 Å². The Labute approximate surface area is 176 Å². The lowest BCUT2D eigenvalue weighted by Crippen LogP contribution is -2.45. The van der Waals surface area contributed by atoms with Gasteiger partial charge in [-0.05, 0) is 29.7 Å². The van der Waals surface area contributed by atoms with Crippen LogP contribution in [-0.4, -0.2) is 31.1 Å². The van der Waals surface area contributed by atoms with Gasteiger partial charge in [-0.25, -0.2) is 0 Å². The van der Waals surface area contributed by atoms with E-state index in [1.54, 1.807) is 0 Å². The summed E-state index contributed by atoms with van der Waals surface area (Å²) in [6.45, 7) is 7.69. The zero-order valence-corrected chi connectivity index (χ0v) is 17.8. The maximum atomic E-state index is 3.53. The number of rotatable bonds is 8. The number of nitrogens with zero attached hydrogens (tertiary/aromatic N) is 1. The molecule has 5 heteroatoms. The van der Waals surface area contributed by atoms with Crippen LogP contribution in [-0.2, 0) is 6.54 Å². The van der Waals surface area contributed by atoms with E-state index in [1.165, 1.54) is 36.1 Å². The average molecular weight is 410 g/mol. The normalized spacial score (nSPS) is 15.3. The Hall–Kier alpha value is -1.26. The molecule has 0 aliphatic carbocycles. The summed E-state index contributed by atoms with van der Waals surface area (Å²) in [6, 6.07) is 20.2. The third kappa shape index (κ3) is 7.34. The van der Waals surface area contributed by atoms with E-state index in [0.29, 0.717) is 6.04 Å². The number of hydrogen-bond acceptors (Lipinski definition) is 3. The first-order valence-electron chi connectivity index (χ1n) is 9.69. The van der Waals surface area contributed by atoms with Crippen molar-refractivity contribution in [2.45, 2.75) is 38.8 Å². The maximum absolute atomic E-state index is 3.53. The lowest BCUT2D eigenvalue weighted by molar-refractivity contribution is 0.163. The number of piperazine rings is 1. The summed E-state index contributed by atoms with van der Waals surface area (Å²) in [5, 5.41) is 6.99. The molecule has 3 rings (SSSR count). The van der Waals surface area contributed by atoms with Crippen LogP contribution < -0.4 is 10.6 Å². The zero-order chi connectivity index (χ0) is 17.3. The summed E-state index contributed by atoms with van der Waals surface area (Å²) in [5.41, 5.74) is 3.97. The molecule has 1 atom stereocenters. The summed E-state index contributed by atoms with van der Waals surface area (Å²) in [4.78, 5) is 2.65. The predicted molar refractivity (Wildman–Crippen MR) is 121 cm³/mol. The second-order valence-electron chi connectivity index (χ2n) is 6.91. The van der Waals surface area contributed by atoms with Gasteiger partial charge in [0.2, 0.25) is 0 Å². The van der Waals surface area contributed by atoms with Crippen molar-refractivity contribution in [2.24, 2.45) is 0 Å². The van der Waals surface area contributed by atoms with Crippen LogP contribution in [0.3, 0.4) is 0 Å². The SMILES string of the molecule is CCCC[C@@H](c1ccc(NCc2ccccc2)cc1)N1CCNCC1.Cl.Cl. The standard InChI is InChI=1S/C22H31N3.2ClH/c1-2-3-9-22(25-16-14-23-15-17-25)20-10-12-21(13-11-20)24-18-19-7-5-4-6-8-19;;/h4-8,10-13,22-24H,2-3,9,14-18H2,1H3;2*1H/t22-;;/m0../s1. The highest BCUT2D eigenvalue weighted by molar-refractivity contribution is 5.85. The van der Waals surface area contributed by atoms with Gasteiger partial charge >= 0.3 is 0 Å². The van der Waals surface area contributed by atoms with Crippen LogP contribution in [0.5, 0.6) is 0 Å². The van der Waals surface area contributed by atoms with Crippen molar-refractivity contribution >= 4 is 30.5 Å². The number of benzene rings is 2. The molecule has 0 radical (unpaired) electrons. The Balaban J connectivity index is 0.00000182. The van der Waals surface area contributed by atoms with E-state index >= 15 is 0 Å². The molecule has 2 aromatic carbocycles. The molecule has 3 nitrogen and oxygen atoms in total. The first kappa shape index (κ1) is 23.8. The Kier molecular flexibility index (Phi) is 11.5. The highest BCUT2D eigenvalue weighted by Gasteiger charge is 2.21. The molecule has 1 saturated heterocycles. The van der Waals surface area contributed by atoms with E-state index in [0.717, 1.165) is 32.7 Å². The van der Waals surface area contributed by atoms with Crippen LogP contribution in [0.2, 0.25) is 0 Å². The second kappa shape index (κ2) is 13.0. The van der Waals surface area contributed by atoms with Crippen molar-refractivity contribution in [3.05, 3.63) is 65.7 Å². The first-order valence-corrected chi connectivity index (χ1v) is 9.69. The summed E-state index contributed by atoms with van der Waals surface area (Å²) in [7, 11) is 0. The molecule has 2 aromatic rings. The maximum Gasteiger partial charge on any atom is 0.0400 e. The minimum Gasteiger partial charge on any atom is -0.381 e. The van der Waals surface area contributed by atoms with Crippen molar-refractivity contribution in [2.75, 3.05) is 31.5 Å². The van der Waals surface area contributed by atoms with E-state index in [2.05, 4.69) is 77.1 Å². The molecule has 0 unspecified atom stereocenters. The van der Waals surface area contributed by atoms with E-state index in [1.807, 2.05) is 0 Å². The summed E-state index contributed by atoms with van der Waals surface area (Å²) in [5.74, 6) is 0. The van der Waals surface area contributed by atoms with Gasteiger partial charge in [-0.15, -0.1) is 24.8 Å². The molecule has 150 valence electrons. The third-order valence-electron chi connectivity index (χ3n) is 5.06. The molecular weight excluding hydrogens is 377 g/mol. The predicted octanol–water partition coefficient (Wildman–Crippen LogP) is 5.28. The lowest BCUT2D eigenvalue weighted by Gasteiger charge is -2.35. The van der Waals surface area contributed by atoms with Gasteiger partial charge in [-0.2, -0.15) is 0 Å². The second-order valence-corrected chi connectivity index (χ2v) is 6.91. The number of halogens is 2. The molecule has 1 heterocycles. The monoisotopic (exact) mass is 409 g/mol. The average Bonchev–Trinajstić information content (AvgIpc) is 2.69. The highest BCUT2D eigenvalue weighted by Crippen LogP contribution is 2.28. The van der Waals surface area contributed by atoms with Crippen LogP contribution in [0.4, 0.5) is 5.69 Å². The lowest BCUT2D eigenvalue weighted by atomic mass is 9.98. The van der Waals surface area contributed by atoms with Crippen molar-refractivity contribution < 1.29 is 0 Å². The van der Waals surface area contributed by atoms with Gasteiger partial charge in [0.05, 0.1) is 0 Å². The summed E-state index contributed by atoms with van der Waals surface area (Å²) >= 11 is 0. The Morgan fingerprint density at radius 2 is 1.63 bits per heavy atom. The number of anilines is 1. The van der Waals surface area contributed by atoms with Crippen molar-refractivity contribution in [1.29, 1.82) is 0 Å². The Bertz CT molecular complexity index is 613. The van der Waals surface area contributed by atoms with Gasteiger partial charge in [0.15, 0.2) is 0 Å². The zero-order valence-electron chi connectivity index (χ0n) is 16.2. The van der Waals surface area contributed by atoms with Gasteiger partial charge in [-0.3, -0.25) is 4.90 Å². The third-order valence-corrected chi connectivity index (χ3v) is 5.06. The Morgan fingerprint density at radius 3 is 2.26 bits per heavy atom. The van der Waals surface area contributed by atoms with Gasteiger partial charge in [0.1, 0.15) is 0 Å². The van der Waals surface area contributed by atoms with Gasteiger partial charge in [-0.1, -0.05) is 62.2 Å².